The molecule has 2 rings (SSSR count). The second-order valence-corrected chi connectivity index (χ2v) is 4.81. The number of nitrogens with one attached hydrogen (secondary N) is 1. The molecule has 5 nitrogen and oxygen atoms in total. The maximum atomic E-state index is 11.1. The van der Waals surface area contributed by atoms with Crippen molar-refractivity contribution in [2.24, 2.45) is 0 Å². The number of nitrogens with zero attached hydrogens (tertiary/aromatic N) is 2. The summed E-state index contributed by atoms with van der Waals surface area (Å²) in [5, 5.41) is 12.3. The topological polar surface area (TPSA) is 65.5 Å². The third-order valence-electron chi connectivity index (χ3n) is 3.22. The predicted molar refractivity (Wildman–Crippen MR) is 70.1 cm³/mol. The Kier molecular flexibility index (Phi) is 3.81. The fourth-order valence-corrected chi connectivity index (χ4v) is 1.94. The van der Waals surface area contributed by atoms with Crippen molar-refractivity contribution >= 4 is 11.7 Å². The summed E-state index contributed by atoms with van der Waals surface area (Å²) in [5.74, 6) is -0.944. The van der Waals surface area contributed by atoms with Gasteiger partial charge in [0.1, 0.15) is 5.56 Å². The minimum atomic E-state index is -0.944. The molecule has 1 heterocycles. The van der Waals surface area contributed by atoms with E-state index < -0.39 is 5.97 Å². The van der Waals surface area contributed by atoms with Gasteiger partial charge in [-0.3, -0.25) is 4.98 Å². The lowest BCUT2D eigenvalue weighted by molar-refractivity contribution is 0.0697. The summed E-state index contributed by atoms with van der Waals surface area (Å²) in [5.41, 5.74) is 1.70. The molecule has 0 amide bonds. The molecule has 0 saturated heterocycles. The zero-order chi connectivity index (χ0) is 13.1. The van der Waals surface area contributed by atoms with E-state index in [4.69, 9.17) is 5.11 Å². The van der Waals surface area contributed by atoms with Gasteiger partial charge in [-0.1, -0.05) is 0 Å². The number of aromatic nitrogens is 1. The zero-order valence-electron chi connectivity index (χ0n) is 10.8. The van der Waals surface area contributed by atoms with E-state index in [1.54, 1.807) is 6.07 Å². The molecule has 18 heavy (non-hydrogen) atoms. The van der Waals surface area contributed by atoms with E-state index in [1.807, 2.05) is 6.92 Å². The first-order chi connectivity index (χ1) is 8.58. The summed E-state index contributed by atoms with van der Waals surface area (Å²) >= 11 is 0. The van der Waals surface area contributed by atoms with Gasteiger partial charge in [-0.25, -0.2) is 4.79 Å². The third kappa shape index (κ3) is 3.20. The van der Waals surface area contributed by atoms with Crippen LogP contribution < -0.4 is 5.32 Å². The predicted octanol–water partition coefficient (Wildman–Crippen LogP) is 1.59. The van der Waals surface area contributed by atoms with Gasteiger partial charge >= 0.3 is 5.97 Å². The Bertz CT molecular complexity index is 444. The zero-order valence-corrected chi connectivity index (χ0v) is 10.8. The van der Waals surface area contributed by atoms with Gasteiger partial charge in [0.15, 0.2) is 0 Å². The molecule has 1 aromatic heterocycles. The first kappa shape index (κ1) is 12.8. The maximum absolute atomic E-state index is 11.1. The molecule has 0 spiro atoms. The van der Waals surface area contributed by atoms with E-state index in [0.717, 1.165) is 24.8 Å². The highest BCUT2D eigenvalue weighted by Gasteiger charge is 2.25. The highest BCUT2D eigenvalue weighted by molar-refractivity contribution is 5.93. The molecule has 1 saturated carbocycles. The van der Waals surface area contributed by atoms with Crippen LogP contribution in [0, 0.1) is 6.92 Å². The molecular weight excluding hydrogens is 230 g/mol. The van der Waals surface area contributed by atoms with Crippen LogP contribution in [0.3, 0.4) is 0 Å². The molecule has 5 heteroatoms. The Labute approximate surface area is 107 Å². The summed E-state index contributed by atoms with van der Waals surface area (Å²) in [6.07, 6.45) is 3.97. The van der Waals surface area contributed by atoms with Crippen LogP contribution in [0.15, 0.2) is 12.3 Å². The number of rotatable bonds is 6. The van der Waals surface area contributed by atoms with E-state index in [1.165, 1.54) is 19.0 Å². The highest BCUT2D eigenvalue weighted by atomic mass is 16.4. The van der Waals surface area contributed by atoms with Gasteiger partial charge in [0.25, 0.3) is 0 Å². The maximum Gasteiger partial charge on any atom is 0.339 e. The molecule has 98 valence electrons. The molecule has 2 N–H and O–H groups in total. The number of carboxylic acids is 1. The molecular formula is C13H19N3O2. The van der Waals surface area contributed by atoms with Crippen molar-refractivity contribution in [1.82, 2.24) is 9.88 Å². The number of hydrogen-bond donors (Lipinski definition) is 2. The Morgan fingerprint density at radius 1 is 1.61 bits per heavy atom. The van der Waals surface area contributed by atoms with Crippen LogP contribution in [0.4, 0.5) is 5.69 Å². The van der Waals surface area contributed by atoms with Crippen LogP contribution in [-0.4, -0.2) is 47.1 Å². The second kappa shape index (κ2) is 5.35. The van der Waals surface area contributed by atoms with Crippen molar-refractivity contribution in [3.8, 4) is 0 Å². The number of carboxylic acid groups (broad SMARTS) is 1. The van der Waals surface area contributed by atoms with E-state index in [2.05, 4.69) is 22.2 Å². The van der Waals surface area contributed by atoms with Crippen molar-refractivity contribution in [3.05, 3.63) is 23.5 Å². The fraction of sp³-hybridized carbons (Fsp3) is 0.538. The van der Waals surface area contributed by atoms with Crippen LogP contribution >= 0.6 is 0 Å². The smallest absolute Gasteiger partial charge is 0.339 e. The van der Waals surface area contributed by atoms with Crippen molar-refractivity contribution in [3.63, 3.8) is 0 Å². The summed E-state index contributed by atoms with van der Waals surface area (Å²) < 4.78 is 0. The summed E-state index contributed by atoms with van der Waals surface area (Å²) in [4.78, 5) is 17.4. The minimum absolute atomic E-state index is 0.231. The van der Waals surface area contributed by atoms with Crippen LogP contribution in [0.5, 0.6) is 0 Å². The lowest BCUT2D eigenvalue weighted by Crippen LogP contribution is -2.27. The van der Waals surface area contributed by atoms with Gasteiger partial charge < -0.3 is 15.3 Å². The van der Waals surface area contributed by atoms with E-state index in [0.29, 0.717) is 5.69 Å². The number of anilines is 1. The molecule has 1 aliphatic rings. The standard InChI is InChI=1S/C13H19N3O2/c1-9-7-12(11(8-15-9)13(17)18)14-5-6-16(2)10-3-4-10/h7-8,10H,3-6H2,1-2H3,(H,14,15)(H,17,18). The monoisotopic (exact) mass is 249 g/mol. The van der Waals surface area contributed by atoms with Crippen LogP contribution in [0.25, 0.3) is 0 Å². The first-order valence-electron chi connectivity index (χ1n) is 6.22. The number of likely N-dealkylation sites (N-methyl/N-ethyl adjacent to an activating group) is 1. The molecule has 0 aliphatic heterocycles. The fourth-order valence-electron chi connectivity index (χ4n) is 1.94. The quantitative estimate of drug-likeness (QED) is 0.801. The molecule has 0 unspecified atom stereocenters. The Morgan fingerprint density at radius 3 is 2.94 bits per heavy atom. The Morgan fingerprint density at radius 2 is 2.33 bits per heavy atom. The second-order valence-electron chi connectivity index (χ2n) is 4.81. The van der Waals surface area contributed by atoms with Crippen LogP contribution in [0.2, 0.25) is 0 Å². The van der Waals surface area contributed by atoms with E-state index in [-0.39, 0.29) is 5.56 Å². The van der Waals surface area contributed by atoms with Gasteiger partial charge in [0.2, 0.25) is 0 Å². The largest absolute Gasteiger partial charge is 0.478 e. The van der Waals surface area contributed by atoms with Crippen molar-refractivity contribution in [2.45, 2.75) is 25.8 Å². The molecule has 0 aromatic carbocycles. The SMILES string of the molecule is Cc1cc(NCCN(C)C2CC2)c(C(=O)O)cn1. The summed E-state index contributed by atoms with van der Waals surface area (Å²) in [6, 6.07) is 2.51. The van der Waals surface area contributed by atoms with Gasteiger partial charge in [-0.2, -0.15) is 0 Å². The van der Waals surface area contributed by atoms with Gasteiger partial charge in [0, 0.05) is 31.0 Å². The molecule has 0 bridgehead atoms. The number of hydrogen-bond acceptors (Lipinski definition) is 4. The van der Waals surface area contributed by atoms with Crippen LogP contribution in [-0.2, 0) is 0 Å². The van der Waals surface area contributed by atoms with E-state index in [9.17, 15) is 4.79 Å². The molecule has 1 fully saturated rings. The van der Waals surface area contributed by atoms with Crippen molar-refractivity contribution in [1.29, 1.82) is 0 Å². The van der Waals surface area contributed by atoms with Gasteiger partial charge in [-0.05, 0) is 32.9 Å². The molecule has 1 aromatic rings. The van der Waals surface area contributed by atoms with Crippen molar-refractivity contribution < 1.29 is 9.90 Å². The highest BCUT2D eigenvalue weighted by Crippen LogP contribution is 2.24. The number of aromatic carboxylic acids is 1. The third-order valence-corrected chi connectivity index (χ3v) is 3.22. The Hall–Kier alpha value is -1.62. The molecule has 1 aliphatic carbocycles. The average molecular weight is 249 g/mol. The number of aryl methyl sites for hydroxylation is 1. The number of pyridine rings is 1. The first-order valence-corrected chi connectivity index (χ1v) is 6.22. The van der Waals surface area contributed by atoms with Gasteiger partial charge in [0.05, 0.1) is 5.69 Å². The molecule has 0 atom stereocenters. The molecule has 0 radical (unpaired) electrons. The normalized spacial score (nSPS) is 14.8. The van der Waals surface area contributed by atoms with Gasteiger partial charge in [-0.15, -0.1) is 0 Å². The van der Waals surface area contributed by atoms with Crippen molar-refractivity contribution in [2.75, 3.05) is 25.5 Å². The van der Waals surface area contributed by atoms with E-state index >= 15 is 0 Å². The van der Waals surface area contributed by atoms with Crippen LogP contribution in [0.1, 0.15) is 28.9 Å². The summed E-state index contributed by atoms with van der Waals surface area (Å²) in [6.45, 7) is 3.52. The Balaban J connectivity index is 1.94. The lowest BCUT2D eigenvalue weighted by atomic mass is 10.2. The minimum Gasteiger partial charge on any atom is -0.478 e. The summed E-state index contributed by atoms with van der Waals surface area (Å²) in [7, 11) is 2.11. The average Bonchev–Trinajstić information content (AvgIpc) is 3.12. The number of carbonyl (C=O) groups is 1. The lowest BCUT2D eigenvalue weighted by Gasteiger charge is -2.17.